The Morgan fingerprint density at radius 2 is 1.79 bits per heavy atom. The van der Waals surface area contributed by atoms with Crippen LogP contribution in [0.3, 0.4) is 0 Å². The lowest BCUT2D eigenvalue weighted by Crippen LogP contribution is -2.33. The minimum atomic E-state index is -0.427. The molecule has 1 rings (SSSR count). The predicted molar refractivity (Wildman–Crippen MR) is 82.1 cm³/mol. The highest BCUT2D eigenvalue weighted by Crippen LogP contribution is 2.20. The van der Waals surface area contributed by atoms with Crippen molar-refractivity contribution in [3.63, 3.8) is 0 Å². The van der Waals surface area contributed by atoms with E-state index in [0.29, 0.717) is 12.5 Å². The first-order valence-electron chi connectivity index (χ1n) is 6.83. The zero-order valence-corrected chi connectivity index (χ0v) is 13.3. The first kappa shape index (κ1) is 16.6. The van der Waals surface area contributed by atoms with Gasteiger partial charge in [0.1, 0.15) is 0 Å². The van der Waals surface area contributed by atoms with Gasteiger partial charge in [0, 0.05) is 30.2 Å². The molecule has 0 radical (unpaired) electrons. The summed E-state index contributed by atoms with van der Waals surface area (Å²) in [5.74, 6) is 0. The van der Waals surface area contributed by atoms with E-state index < -0.39 is 6.10 Å². The second-order valence-electron chi connectivity index (χ2n) is 5.06. The summed E-state index contributed by atoms with van der Waals surface area (Å²) in [6.45, 7) is 6.22. The Labute approximate surface area is 124 Å². The average Bonchev–Trinajstić information content (AvgIpc) is 2.39. The number of nitrogens with zero attached hydrogens (tertiary/aromatic N) is 1. The average molecular weight is 330 g/mol. The molecule has 3 nitrogen and oxygen atoms in total. The summed E-state index contributed by atoms with van der Waals surface area (Å²) in [5.41, 5.74) is 0.953. The van der Waals surface area contributed by atoms with E-state index in [0.717, 1.165) is 29.5 Å². The number of benzene rings is 1. The molecule has 0 saturated heterocycles. The second-order valence-corrected chi connectivity index (χ2v) is 5.98. The van der Waals surface area contributed by atoms with Gasteiger partial charge in [-0.15, -0.1) is 0 Å². The summed E-state index contributed by atoms with van der Waals surface area (Å²) in [4.78, 5) is 2.29. The van der Waals surface area contributed by atoms with Gasteiger partial charge in [-0.2, -0.15) is 0 Å². The topological polar surface area (TPSA) is 43.7 Å². The monoisotopic (exact) mass is 329 g/mol. The Morgan fingerprint density at radius 3 is 2.32 bits per heavy atom. The van der Waals surface area contributed by atoms with Crippen LogP contribution in [0.5, 0.6) is 0 Å². The SMILES string of the molecule is CC(C)N(CCCO)CCC(O)c1ccc(Br)cc1. The second kappa shape index (κ2) is 8.69. The van der Waals surface area contributed by atoms with E-state index in [1.165, 1.54) is 0 Å². The summed E-state index contributed by atoms with van der Waals surface area (Å²) in [7, 11) is 0. The number of hydrogen-bond acceptors (Lipinski definition) is 3. The largest absolute Gasteiger partial charge is 0.396 e. The fraction of sp³-hybridized carbons (Fsp3) is 0.600. The molecule has 19 heavy (non-hydrogen) atoms. The van der Waals surface area contributed by atoms with E-state index in [1.54, 1.807) is 0 Å². The van der Waals surface area contributed by atoms with E-state index in [-0.39, 0.29) is 6.61 Å². The Balaban J connectivity index is 2.46. The van der Waals surface area contributed by atoms with Crippen LogP contribution in [0.25, 0.3) is 0 Å². The van der Waals surface area contributed by atoms with Crippen molar-refractivity contribution in [2.45, 2.75) is 38.8 Å². The van der Waals surface area contributed by atoms with E-state index in [2.05, 4.69) is 34.7 Å². The summed E-state index contributed by atoms with van der Waals surface area (Å²) >= 11 is 3.39. The first-order chi connectivity index (χ1) is 9.04. The fourth-order valence-corrected chi connectivity index (χ4v) is 2.31. The van der Waals surface area contributed by atoms with Gasteiger partial charge < -0.3 is 15.1 Å². The highest BCUT2D eigenvalue weighted by Gasteiger charge is 2.13. The van der Waals surface area contributed by atoms with Crippen molar-refractivity contribution in [1.82, 2.24) is 4.90 Å². The molecule has 0 aliphatic rings. The number of aliphatic hydroxyl groups is 2. The maximum absolute atomic E-state index is 10.2. The van der Waals surface area contributed by atoms with E-state index in [4.69, 9.17) is 5.11 Å². The summed E-state index contributed by atoms with van der Waals surface area (Å²) < 4.78 is 1.02. The molecule has 2 N–H and O–H groups in total. The molecule has 0 aliphatic heterocycles. The van der Waals surface area contributed by atoms with Crippen molar-refractivity contribution in [3.05, 3.63) is 34.3 Å². The molecule has 0 spiro atoms. The van der Waals surface area contributed by atoms with E-state index in [1.807, 2.05) is 24.3 Å². The van der Waals surface area contributed by atoms with Crippen LogP contribution < -0.4 is 0 Å². The van der Waals surface area contributed by atoms with Gasteiger partial charge in [0.2, 0.25) is 0 Å². The Morgan fingerprint density at radius 1 is 1.16 bits per heavy atom. The molecule has 1 aromatic carbocycles. The third kappa shape index (κ3) is 6.04. The van der Waals surface area contributed by atoms with Crippen LogP contribution in [-0.2, 0) is 0 Å². The normalized spacial score (nSPS) is 13.2. The van der Waals surface area contributed by atoms with Crippen LogP contribution in [-0.4, -0.2) is 40.9 Å². The van der Waals surface area contributed by atoms with E-state index >= 15 is 0 Å². The smallest absolute Gasteiger partial charge is 0.0802 e. The van der Waals surface area contributed by atoms with Gasteiger partial charge in [0.05, 0.1) is 6.10 Å². The molecule has 0 saturated carbocycles. The van der Waals surface area contributed by atoms with Crippen molar-refractivity contribution >= 4 is 15.9 Å². The van der Waals surface area contributed by atoms with Crippen LogP contribution in [0.4, 0.5) is 0 Å². The van der Waals surface area contributed by atoms with Crippen LogP contribution in [0, 0.1) is 0 Å². The lowest BCUT2D eigenvalue weighted by molar-refractivity contribution is 0.125. The van der Waals surface area contributed by atoms with Crippen LogP contribution in [0.15, 0.2) is 28.7 Å². The lowest BCUT2D eigenvalue weighted by atomic mass is 10.1. The quantitative estimate of drug-likeness (QED) is 0.770. The maximum Gasteiger partial charge on any atom is 0.0802 e. The van der Waals surface area contributed by atoms with Crippen LogP contribution >= 0.6 is 15.9 Å². The lowest BCUT2D eigenvalue weighted by Gasteiger charge is -2.27. The highest BCUT2D eigenvalue weighted by atomic mass is 79.9. The Hall–Kier alpha value is -0.420. The fourth-order valence-electron chi connectivity index (χ4n) is 2.04. The third-order valence-corrected chi connectivity index (χ3v) is 3.81. The molecule has 108 valence electrons. The van der Waals surface area contributed by atoms with Gasteiger partial charge >= 0.3 is 0 Å². The molecule has 1 unspecified atom stereocenters. The van der Waals surface area contributed by atoms with Gasteiger partial charge in [-0.3, -0.25) is 0 Å². The van der Waals surface area contributed by atoms with Crippen molar-refractivity contribution in [2.75, 3.05) is 19.7 Å². The van der Waals surface area contributed by atoms with E-state index in [9.17, 15) is 5.11 Å². The minimum absolute atomic E-state index is 0.221. The molecule has 1 aromatic rings. The summed E-state index contributed by atoms with van der Waals surface area (Å²) in [6.07, 6.45) is 1.07. The molecular weight excluding hydrogens is 306 g/mol. The molecule has 0 bridgehead atoms. The summed E-state index contributed by atoms with van der Waals surface area (Å²) in [6, 6.07) is 8.23. The van der Waals surface area contributed by atoms with Crippen molar-refractivity contribution in [3.8, 4) is 0 Å². The molecule has 0 fully saturated rings. The van der Waals surface area contributed by atoms with Crippen LogP contribution in [0.2, 0.25) is 0 Å². The van der Waals surface area contributed by atoms with Crippen molar-refractivity contribution < 1.29 is 10.2 Å². The molecule has 0 heterocycles. The summed E-state index contributed by atoms with van der Waals surface area (Å²) in [5, 5.41) is 19.1. The van der Waals surface area contributed by atoms with Gasteiger partial charge in [-0.1, -0.05) is 28.1 Å². The Bertz CT molecular complexity index is 354. The van der Waals surface area contributed by atoms with Gasteiger partial charge in [0.25, 0.3) is 0 Å². The first-order valence-corrected chi connectivity index (χ1v) is 7.62. The van der Waals surface area contributed by atoms with Crippen LogP contribution in [0.1, 0.15) is 38.4 Å². The standard InChI is InChI=1S/C15H24BrNO2/c1-12(2)17(9-3-11-18)10-8-15(19)13-4-6-14(16)7-5-13/h4-7,12,15,18-19H,3,8-11H2,1-2H3. The molecule has 4 heteroatoms. The minimum Gasteiger partial charge on any atom is -0.396 e. The van der Waals surface area contributed by atoms with Gasteiger partial charge in [0.15, 0.2) is 0 Å². The Kier molecular flexibility index (Phi) is 7.61. The molecule has 0 aliphatic carbocycles. The molecular formula is C15H24BrNO2. The zero-order chi connectivity index (χ0) is 14.3. The predicted octanol–water partition coefficient (Wildman–Crippen LogP) is 2.97. The van der Waals surface area contributed by atoms with Crippen molar-refractivity contribution in [2.24, 2.45) is 0 Å². The molecule has 0 amide bonds. The number of aliphatic hydroxyl groups excluding tert-OH is 2. The number of hydrogen-bond donors (Lipinski definition) is 2. The highest BCUT2D eigenvalue weighted by molar-refractivity contribution is 9.10. The maximum atomic E-state index is 10.2. The number of rotatable bonds is 8. The zero-order valence-electron chi connectivity index (χ0n) is 11.7. The van der Waals surface area contributed by atoms with Gasteiger partial charge in [-0.25, -0.2) is 0 Å². The van der Waals surface area contributed by atoms with Gasteiger partial charge in [-0.05, 0) is 44.4 Å². The molecule has 0 aromatic heterocycles. The third-order valence-electron chi connectivity index (χ3n) is 3.28. The molecule has 1 atom stereocenters. The van der Waals surface area contributed by atoms with Crippen molar-refractivity contribution in [1.29, 1.82) is 0 Å². The number of halogens is 1.